The molecule has 6 nitrogen and oxygen atoms in total. The van der Waals surface area contributed by atoms with Crippen LogP contribution in [0, 0.1) is 0 Å². The number of benzene rings is 3. The lowest BCUT2D eigenvalue weighted by Gasteiger charge is -2.17. The highest BCUT2D eigenvalue weighted by molar-refractivity contribution is 6.32. The maximum absolute atomic E-state index is 13.4. The van der Waals surface area contributed by atoms with Gasteiger partial charge in [0, 0.05) is 11.1 Å². The number of carbonyl (C=O) groups is 2. The molecule has 0 aromatic heterocycles. The van der Waals surface area contributed by atoms with E-state index in [1.54, 1.807) is 12.1 Å². The van der Waals surface area contributed by atoms with Crippen molar-refractivity contribution in [1.29, 1.82) is 0 Å². The summed E-state index contributed by atoms with van der Waals surface area (Å²) in [5.74, 6) is -0.275. The second-order valence-corrected chi connectivity index (χ2v) is 7.15. The fourth-order valence-electron chi connectivity index (χ4n) is 2.87. The topological polar surface area (TPSA) is 76.7 Å². The summed E-state index contributed by atoms with van der Waals surface area (Å²) in [5.41, 5.74) is -1.13. The molecule has 0 unspecified atom stereocenters. The lowest BCUT2D eigenvalue weighted by atomic mass is 10.1. The predicted octanol–water partition coefficient (Wildman–Crippen LogP) is 5.88. The summed E-state index contributed by atoms with van der Waals surface area (Å²) in [6, 6.07) is 13.7. The van der Waals surface area contributed by atoms with Gasteiger partial charge in [-0.3, -0.25) is 9.59 Å². The molecule has 10 heteroatoms. The van der Waals surface area contributed by atoms with Crippen molar-refractivity contribution in [2.75, 3.05) is 24.9 Å². The maximum Gasteiger partial charge on any atom is 0.417 e. The number of nitrogens with one attached hydrogen (secondary N) is 2. The van der Waals surface area contributed by atoms with Gasteiger partial charge >= 0.3 is 6.18 Å². The van der Waals surface area contributed by atoms with E-state index >= 15 is 0 Å². The lowest BCUT2D eigenvalue weighted by molar-refractivity contribution is -0.137. The van der Waals surface area contributed by atoms with E-state index in [-0.39, 0.29) is 22.5 Å². The van der Waals surface area contributed by atoms with E-state index in [1.165, 1.54) is 50.6 Å². The number of alkyl halides is 3. The van der Waals surface area contributed by atoms with Crippen molar-refractivity contribution in [2.45, 2.75) is 6.18 Å². The van der Waals surface area contributed by atoms with Gasteiger partial charge < -0.3 is 20.1 Å². The van der Waals surface area contributed by atoms with Gasteiger partial charge in [-0.25, -0.2) is 0 Å². The van der Waals surface area contributed by atoms with E-state index in [4.69, 9.17) is 21.1 Å². The van der Waals surface area contributed by atoms with Gasteiger partial charge in [-0.2, -0.15) is 13.2 Å². The first-order chi connectivity index (χ1) is 15.6. The Morgan fingerprint density at radius 3 is 1.52 bits per heavy atom. The third kappa shape index (κ3) is 5.75. The first-order valence-corrected chi connectivity index (χ1v) is 9.81. The third-order valence-electron chi connectivity index (χ3n) is 4.61. The van der Waals surface area contributed by atoms with E-state index in [2.05, 4.69) is 10.6 Å². The minimum atomic E-state index is -4.77. The molecule has 0 atom stereocenters. The van der Waals surface area contributed by atoms with Crippen molar-refractivity contribution >= 4 is 34.8 Å². The van der Waals surface area contributed by atoms with Gasteiger partial charge in [0.15, 0.2) is 0 Å². The molecule has 33 heavy (non-hydrogen) atoms. The minimum absolute atomic E-state index is 0.101. The zero-order valence-electron chi connectivity index (χ0n) is 17.4. The first kappa shape index (κ1) is 23.9. The Morgan fingerprint density at radius 2 is 1.15 bits per heavy atom. The number of hydrogen-bond acceptors (Lipinski definition) is 4. The molecular formula is C23H18ClF3N2O4. The van der Waals surface area contributed by atoms with Crippen LogP contribution in [0.3, 0.4) is 0 Å². The maximum atomic E-state index is 13.4. The molecule has 0 bridgehead atoms. The molecule has 3 aromatic rings. The molecule has 0 aliphatic rings. The fourth-order valence-corrected chi connectivity index (χ4v) is 3.14. The average Bonchev–Trinajstić information content (AvgIpc) is 2.79. The molecule has 0 saturated carbocycles. The van der Waals surface area contributed by atoms with Crippen LogP contribution in [0.2, 0.25) is 5.02 Å². The van der Waals surface area contributed by atoms with E-state index in [9.17, 15) is 22.8 Å². The standard InChI is InChI=1S/C23H18ClF3N2O4/c1-32-15-7-3-13(4-8-15)21(30)28-19-11-17(23(25,26)27)18(24)12-20(19)29-22(31)14-5-9-16(33-2)10-6-14/h3-12H,1-2H3,(H,28,30)(H,29,31). The third-order valence-corrected chi connectivity index (χ3v) is 4.93. The Kier molecular flexibility index (Phi) is 7.13. The van der Waals surface area contributed by atoms with Crippen LogP contribution in [0.25, 0.3) is 0 Å². The number of hydrogen-bond donors (Lipinski definition) is 2. The van der Waals surface area contributed by atoms with Crippen LogP contribution in [0.1, 0.15) is 26.3 Å². The van der Waals surface area contributed by atoms with Crippen LogP contribution >= 0.6 is 11.6 Å². The van der Waals surface area contributed by atoms with Gasteiger partial charge in [0.1, 0.15) is 11.5 Å². The normalized spacial score (nSPS) is 11.0. The van der Waals surface area contributed by atoms with Gasteiger partial charge in [-0.15, -0.1) is 0 Å². The van der Waals surface area contributed by atoms with Crippen LogP contribution < -0.4 is 20.1 Å². The van der Waals surface area contributed by atoms with Crippen molar-refractivity contribution in [1.82, 2.24) is 0 Å². The van der Waals surface area contributed by atoms with Crippen LogP contribution in [-0.4, -0.2) is 26.0 Å². The van der Waals surface area contributed by atoms with Crippen molar-refractivity contribution in [2.24, 2.45) is 0 Å². The molecule has 3 aromatic carbocycles. The van der Waals surface area contributed by atoms with E-state index in [0.717, 1.165) is 6.07 Å². The van der Waals surface area contributed by atoms with Crippen molar-refractivity contribution in [3.63, 3.8) is 0 Å². The SMILES string of the molecule is COc1ccc(C(=O)Nc2cc(Cl)c(C(F)(F)F)cc2NC(=O)c2ccc(OC)cc2)cc1. The Labute approximate surface area is 192 Å². The van der Waals surface area contributed by atoms with Crippen LogP contribution in [0.4, 0.5) is 24.5 Å². The molecule has 0 spiro atoms. The number of halogens is 4. The highest BCUT2D eigenvalue weighted by Crippen LogP contribution is 2.40. The zero-order chi connectivity index (χ0) is 24.2. The molecule has 2 N–H and O–H groups in total. The van der Waals surface area contributed by atoms with Gasteiger partial charge in [0.2, 0.25) is 0 Å². The monoisotopic (exact) mass is 478 g/mol. The summed E-state index contributed by atoms with van der Waals surface area (Å²) in [6.07, 6.45) is -4.77. The van der Waals surface area contributed by atoms with Gasteiger partial charge in [0.05, 0.1) is 36.2 Å². The van der Waals surface area contributed by atoms with Crippen molar-refractivity contribution < 1.29 is 32.2 Å². The Morgan fingerprint density at radius 1 is 0.758 bits per heavy atom. The van der Waals surface area contributed by atoms with Gasteiger partial charge in [-0.05, 0) is 60.7 Å². The molecule has 0 aliphatic heterocycles. The van der Waals surface area contributed by atoms with Crippen LogP contribution in [-0.2, 0) is 6.18 Å². The summed E-state index contributed by atoms with van der Waals surface area (Å²) in [4.78, 5) is 25.3. The fraction of sp³-hybridized carbons (Fsp3) is 0.130. The van der Waals surface area contributed by atoms with Crippen LogP contribution in [0.5, 0.6) is 11.5 Å². The summed E-state index contributed by atoms with van der Waals surface area (Å²) in [7, 11) is 2.93. The van der Waals surface area contributed by atoms with E-state index < -0.39 is 28.6 Å². The smallest absolute Gasteiger partial charge is 0.417 e. The summed E-state index contributed by atoms with van der Waals surface area (Å²) < 4.78 is 50.2. The van der Waals surface area contributed by atoms with Crippen molar-refractivity contribution in [3.05, 3.63) is 82.4 Å². The number of amides is 2. The lowest BCUT2D eigenvalue weighted by Crippen LogP contribution is -2.18. The first-order valence-electron chi connectivity index (χ1n) is 9.44. The molecule has 0 fully saturated rings. The number of ether oxygens (including phenoxy) is 2. The molecule has 0 saturated heterocycles. The van der Waals surface area contributed by atoms with Crippen LogP contribution in [0.15, 0.2) is 60.7 Å². The summed E-state index contributed by atoms with van der Waals surface area (Å²) in [6.45, 7) is 0. The highest BCUT2D eigenvalue weighted by atomic mass is 35.5. The highest BCUT2D eigenvalue weighted by Gasteiger charge is 2.34. The number of anilines is 2. The molecule has 0 aliphatic carbocycles. The van der Waals surface area contributed by atoms with E-state index in [0.29, 0.717) is 17.6 Å². The molecule has 2 amide bonds. The Bertz CT molecular complexity index is 1160. The molecule has 172 valence electrons. The molecule has 0 radical (unpaired) electrons. The zero-order valence-corrected chi connectivity index (χ0v) is 18.2. The molecule has 0 heterocycles. The van der Waals surface area contributed by atoms with Crippen molar-refractivity contribution in [3.8, 4) is 11.5 Å². The second kappa shape index (κ2) is 9.83. The molecule has 3 rings (SSSR count). The van der Waals surface area contributed by atoms with Gasteiger partial charge in [0.25, 0.3) is 11.8 Å². The number of rotatable bonds is 6. The molecular weight excluding hydrogens is 461 g/mol. The van der Waals surface area contributed by atoms with Gasteiger partial charge in [-0.1, -0.05) is 11.6 Å². The summed E-state index contributed by atoms with van der Waals surface area (Å²) >= 11 is 5.83. The minimum Gasteiger partial charge on any atom is -0.497 e. The quantitative estimate of drug-likeness (QED) is 0.464. The predicted molar refractivity (Wildman–Crippen MR) is 118 cm³/mol. The number of methoxy groups -OCH3 is 2. The number of carbonyl (C=O) groups excluding carboxylic acids is 2. The second-order valence-electron chi connectivity index (χ2n) is 6.74. The Hall–Kier alpha value is -3.72. The van der Waals surface area contributed by atoms with E-state index in [1.807, 2.05) is 0 Å². The largest absolute Gasteiger partial charge is 0.497 e. The average molecular weight is 479 g/mol. The summed E-state index contributed by atoms with van der Waals surface area (Å²) in [5, 5.41) is 4.27. The Balaban J connectivity index is 1.94.